The number of hydrogen-bond donors (Lipinski definition) is 1. The van der Waals surface area contributed by atoms with Gasteiger partial charge in [-0.25, -0.2) is 0 Å². The fourth-order valence-corrected chi connectivity index (χ4v) is 1.71. The minimum Gasteiger partial charge on any atom is -0.508 e. The second-order valence-electron chi connectivity index (χ2n) is 4.31. The molecular weight excluding hydrogens is 218 g/mol. The molecule has 0 fully saturated rings. The van der Waals surface area contributed by atoms with Crippen LogP contribution in [0.4, 0.5) is 0 Å². The van der Waals surface area contributed by atoms with Gasteiger partial charge in [0.05, 0.1) is 0 Å². The highest BCUT2D eigenvalue weighted by molar-refractivity contribution is 6.12. The van der Waals surface area contributed by atoms with Crippen molar-refractivity contribution in [2.45, 2.75) is 19.4 Å². The summed E-state index contributed by atoms with van der Waals surface area (Å²) < 4.78 is 5.50. The van der Waals surface area contributed by atoms with Gasteiger partial charge in [0.1, 0.15) is 23.2 Å². The van der Waals surface area contributed by atoms with Crippen molar-refractivity contribution in [3.05, 3.63) is 35.4 Å². The molecular formula is C13H11NO3. The van der Waals surface area contributed by atoms with Gasteiger partial charge in [-0.05, 0) is 26.0 Å². The third-order valence-electron chi connectivity index (χ3n) is 2.58. The second-order valence-corrected chi connectivity index (χ2v) is 4.31. The fourth-order valence-electron chi connectivity index (χ4n) is 1.71. The van der Waals surface area contributed by atoms with E-state index in [1.165, 1.54) is 12.1 Å². The van der Waals surface area contributed by atoms with Gasteiger partial charge in [-0.1, -0.05) is 12.1 Å². The standard InChI is InChI=1S/C13H11NO3/c1-13(2)12(16)10(7-14)11(17-13)8-4-3-5-9(15)6-8/h3-6,15H,1-2H3. The molecule has 2 rings (SSSR count). The van der Waals surface area contributed by atoms with Crippen molar-refractivity contribution < 1.29 is 14.6 Å². The first-order valence-electron chi connectivity index (χ1n) is 5.13. The van der Waals surface area contributed by atoms with E-state index < -0.39 is 5.60 Å². The monoisotopic (exact) mass is 229 g/mol. The maximum Gasteiger partial charge on any atom is 0.220 e. The number of carbonyl (C=O) groups excluding carboxylic acids is 1. The van der Waals surface area contributed by atoms with Crippen LogP contribution < -0.4 is 0 Å². The fraction of sp³-hybridized carbons (Fsp3) is 0.231. The summed E-state index contributed by atoms with van der Waals surface area (Å²) in [4.78, 5) is 11.9. The molecule has 4 heteroatoms. The average molecular weight is 229 g/mol. The first kappa shape index (κ1) is 11.2. The Hall–Kier alpha value is -2.28. The molecule has 0 saturated heterocycles. The number of hydrogen-bond acceptors (Lipinski definition) is 4. The summed E-state index contributed by atoms with van der Waals surface area (Å²) in [6.07, 6.45) is 0. The van der Waals surface area contributed by atoms with Crippen molar-refractivity contribution >= 4 is 11.5 Å². The summed E-state index contributed by atoms with van der Waals surface area (Å²) in [6, 6.07) is 8.14. The first-order chi connectivity index (χ1) is 7.95. The van der Waals surface area contributed by atoms with Crippen LogP contribution in [0.15, 0.2) is 29.8 Å². The van der Waals surface area contributed by atoms with E-state index in [2.05, 4.69) is 0 Å². The number of rotatable bonds is 1. The molecule has 0 aliphatic carbocycles. The van der Waals surface area contributed by atoms with Crippen molar-refractivity contribution in [2.75, 3.05) is 0 Å². The molecule has 17 heavy (non-hydrogen) atoms. The van der Waals surface area contributed by atoms with E-state index in [0.29, 0.717) is 5.56 Å². The van der Waals surface area contributed by atoms with Crippen molar-refractivity contribution in [1.82, 2.24) is 0 Å². The van der Waals surface area contributed by atoms with Crippen molar-refractivity contribution in [1.29, 1.82) is 5.26 Å². The van der Waals surface area contributed by atoms with E-state index in [9.17, 15) is 9.90 Å². The lowest BCUT2D eigenvalue weighted by atomic mass is 9.99. The van der Waals surface area contributed by atoms with Gasteiger partial charge in [0.15, 0.2) is 5.60 Å². The third kappa shape index (κ3) is 1.76. The highest BCUT2D eigenvalue weighted by Crippen LogP contribution is 2.36. The zero-order valence-electron chi connectivity index (χ0n) is 9.52. The number of Topliss-reactive ketones (excluding diaryl/α,β-unsaturated/α-hetero) is 1. The molecule has 4 nitrogen and oxygen atoms in total. The van der Waals surface area contributed by atoms with Crippen LogP contribution in [0.2, 0.25) is 0 Å². The highest BCUT2D eigenvalue weighted by atomic mass is 16.5. The molecule has 1 aromatic carbocycles. The van der Waals surface area contributed by atoms with E-state index in [4.69, 9.17) is 10.00 Å². The number of aromatic hydroxyl groups is 1. The maximum absolute atomic E-state index is 11.9. The van der Waals surface area contributed by atoms with Gasteiger partial charge in [-0.3, -0.25) is 4.79 Å². The quantitative estimate of drug-likeness (QED) is 0.799. The van der Waals surface area contributed by atoms with Crippen LogP contribution in [0.1, 0.15) is 19.4 Å². The van der Waals surface area contributed by atoms with Gasteiger partial charge in [0, 0.05) is 5.56 Å². The highest BCUT2D eigenvalue weighted by Gasteiger charge is 2.42. The number of benzene rings is 1. The molecule has 0 atom stereocenters. The van der Waals surface area contributed by atoms with Gasteiger partial charge in [-0.15, -0.1) is 0 Å². The Morgan fingerprint density at radius 1 is 1.41 bits per heavy atom. The first-order valence-corrected chi connectivity index (χ1v) is 5.13. The molecule has 0 amide bonds. The normalized spacial score (nSPS) is 17.8. The van der Waals surface area contributed by atoms with Crippen molar-refractivity contribution in [3.63, 3.8) is 0 Å². The topological polar surface area (TPSA) is 70.3 Å². The minimum absolute atomic E-state index is 0.000556. The van der Waals surface area contributed by atoms with Crippen LogP contribution in [0.3, 0.4) is 0 Å². The minimum atomic E-state index is -1.02. The number of phenolic OH excluding ortho intramolecular Hbond substituents is 1. The lowest BCUT2D eigenvalue weighted by Gasteiger charge is -2.17. The number of nitriles is 1. The van der Waals surface area contributed by atoms with Gasteiger partial charge >= 0.3 is 0 Å². The largest absolute Gasteiger partial charge is 0.508 e. The molecule has 0 aromatic heterocycles. The van der Waals surface area contributed by atoms with Crippen LogP contribution in [-0.4, -0.2) is 16.5 Å². The summed E-state index contributed by atoms with van der Waals surface area (Å²) in [6.45, 7) is 3.23. The van der Waals surface area contributed by atoms with Crippen LogP contribution in [-0.2, 0) is 9.53 Å². The molecule has 1 aliphatic rings. The predicted molar refractivity (Wildman–Crippen MR) is 60.8 cm³/mol. The molecule has 86 valence electrons. The summed E-state index contributed by atoms with van der Waals surface area (Å²) in [5.41, 5.74) is -0.493. The molecule has 1 heterocycles. The summed E-state index contributed by atoms with van der Waals surface area (Å²) in [5.74, 6) is -0.0372. The maximum atomic E-state index is 11.9. The van der Waals surface area contributed by atoms with E-state index >= 15 is 0 Å². The van der Waals surface area contributed by atoms with Gasteiger partial charge in [0.25, 0.3) is 0 Å². The SMILES string of the molecule is CC1(C)OC(c2cccc(O)c2)=C(C#N)C1=O. The number of phenols is 1. The van der Waals surface area contributed by atoms with Gasteiger partial charge in [-0.2, -0.15) is 5.26 Å². The Labute approximate surface area is 98.8 Å². The summed E-state index contributed by atoms with van der Waals surface area (Å²) in [5, 5.41) is 18.4. The van der Waals surface area contributed by atoms with E-state index in [1.54, 1.807) is 26.0 Å². The van der Waals surface area contributed by atoms with Crippen LogP contribution >= 0.6 is 0 Å². The molecule has 0 bridgehead atoms. The van der Waals surface area contributed by atoms with Crippen LogP contribution in [0, 0.1) is 11.3 Å². The number of ketones is 1. The molecule has 1 aliphatic heterocycles. The van der Waals surface area contributed by atoms with Crippen molar-refractivity contribution in [2.24, 2.45) is 0 Å². The molecule has 0 radical (unpaired) electrons. The lowest BCUT2D eigenvalue weighted by molar-refractivity contribution is -0.126. The Balaban J connectivity index is 2.56. The predicted octanol–water partition coefficient (Wildman–Crippen LogP) is 2.00. The molecule has 0 saturated carbocycles. The Morgan fingerprint density at radius 2 is 2.12 bits per heavy atom. The molecule has 1 N–H and O–H groups in total. The van der Waals surface area contributed by atoms with E-state index in [0.717, 1.165) is 0 Å². The lowest BCUT2D eigenvalue weighted by Crippen LogP contribution is -2.29. The smallest absolute Gasteiger partial charge is 0.220 e. The van der Waals surface area contributed by atoms with Gasteiger partial charge < -0.3 is 9.84 Å². The number of ether oxygens (including phenoxy) is 1. The van der Waals surface area contributed by atoms with Crippen molar-refractivity contribution in [3.8, 4) is 11.8 Å². The molecule has 1 aromatic rings. The average Bonchev–Trinajstić information content (AvgIpc) is 2.50. The third-order valence-corrected chi connectivity index (χ3v) is 2.58. The van der Waals surface area contributed by atoms with Crippen LogP contribution in [0.5, 0.6) is 5.75 Å². The zero-order chi connectivity index (χ0) is 12.6. The zero-order valence-corrected chi connectivity index (χ0v) is 9.52. The Morgan fingerprint density at radius 3 is 2.71 bits per heavy atom. The summed E-state index contributed by atoms with van der Waals surface area (Å²) >= 11 is 0. The van der Waals surface area contributed by atoms with E-state index in [1.807, 2.05) is 6.07 Å². The second kappa shape index (κ2) is 3.63. The van der Waals surface area contributed by atoms with E-state index in [-0.39, 0.29) is 22.9 Å². The Kier molecular flexibility index (Phi) is 2.40. The molecule has 0 unspecified atom stereocenters. The number of carbonyl (C=O) groups is 1. The van der Waals surface area contributed by atoms with Crippen LogP contribution in [0.25, 0.3) is 5.76 Å². The number of nitrogens with zero attached hydrogens (tertiary/aromatic N) is 1. The van der Waals surface area contributed by atoms with Gasteiger partial charge in [0.2, 0.25) is 5.78 Å². The Bertz CT molecular complexity index is 564. The molecule has 0 spiro atoms. The summed E-state index contributed by atoms with van der Waals surface area (Å²) in [7, 11) is 0.